The Balaban J connectivity index is 2.05. The van der Waals surface area contributed by atoms with Crippen molar-refractivity contribution < 1.29 is 0 Å². The van der Waals surface area contributed by atoms with Gasteiger partial charge in [-0.25, -0.2) is 9.97 Å². The second-order valence-corrected chi connectivity index (χ2v) is 4.90. The molecule has 20 heavy (non-hydrogen) atoms. The number of para-hydroxylation sites is 4. The van der Waals surface area contributed by atoms with E-state index in [9.17, 15) is 0 Å². The monoisotopic (exact) mass is 280 g/mol. The first-order valence-electron chi connectivity index (χ1n) is 6.39. The number of hydrogen-bond donors (Lipinski definition) is 2. The van der Waals surface area contributed by atoms with Gasteiger partial charge in [0.25, 0.3) is 0 Å². The first kappa shape index (κ1) is 11.5. The minimum Gasteiger partial charge on any atom is -0.323 e. The number of fused-ring (bicyclic) bond motifs is 2. The van der Waals surface area contributed by atoms with Gasteiger partial charge in [0.1, 0.15) is 5.82 Å². The Bertz CT molecular complexity index is 873. The fourth-order valence-corrected chi connectivity index (χ4v) is 2.68. The van der Waals surface area contributed by atoms with Gasteiger partial charge in [0.2, 0.25) is 5.95 Å². The van der Waals surface area contributed by atoms with E-state index >= 15 is 0 Å². The molecule has 0 aliphatic heterocycles. The minimum atomic E-state index is 0.561. The molecule has 0 aliphatic carbocycles. The van der Waals surface area contributed by atoms with Gasteiger partial charge in [-0.2, -0.15) is 12.6 Å². The summed E-state index contributed by atoms with van der Waals surface area (Å²) in [5.74, 6) is 2.23. The summed E-state index contributed by atoms with van der Waals surface area (Å²) in [7, 11) is 0. The summed E-state index contributed by atoms with van der Waals surface area (Å²) in [6.45, 7) is 0. The fraction of sp³-hybridized carbons (Fsp3) is 0.0667. The number of benzene rings is 2. The van der Waals surface area contributed by atoms with Crippen molar-refractivity contribution in [1.82, 2.24) is 19.5 Å². The lowest BCUT2D eigenvalue weighted by Gasteiger charge is -2.02. The topological polar surface area (TPSA) is 46.5 Å². The lowest BCUT2D eigenvalue weighted by molar-refractivity contribution is 0.928. The van der Waals surface area contributed by atoms with Gasteiger partial charge < -0.3 is 4.98 Å². The van der Waals surface area contributed by atoms with E-state index in [0.717, 1.165) is 33.8 Å². The Kier molecular flexibility index (Phi) is 2.53. The predicted molar refractivity (Wildman–Crippen MR) is 83.4 cm³/mol. The maximum atomic E-state index is 4.65. The van der Waals surface area contributed by atoms with E-state index in [2.05, 4.69) is 27.6 Å². The zero-order valence-corrected chi connectivity index (χ0v) is 11.5. The summed E-state index contributed by atoms with van der Waals surface area (Å²) in [4.78, 5) is 12.6. The SMILES string of the molecule is SCc1nc2ccccc2n1-c1nc2ccccc2[nH]1. The van der Waals surface area contributed by atoms with Crippen LogP contribution in [0.1, 0.15) is 5.82 Å². The first-order chi connectivity index (χ1) is 9.86. The van der Waals surface area contributed by atoms with Crippen molar-refractivity contribution in [2.24, 2.45) is 0 Å². The molecule has 4 nitrogen and oxygen atoms in total. The molecular weight excluding hydrogens is 268 g/mol. The van der Waals surface area contributed by atoms with Crippen LogP contribution in [0.4, 0.5) is 0 Å². The smallest absolute Gasteiger partial charge is 0.214 e. The molecule has 0 spiro atoms. The molecule has 4 rings (SSSR count). The summed E-state index contributed by atoms with van der Waals surface area (Å²) in [6, 6.07) is 16.0. The Labute approximate surface area is 120 Å². The van der Waals surface area contributed by atoms with Gasteiger partial charge in [0, 0.05) is 5.75 Å². The minimum absolute atomic E-state index is 0.561. The second kappa shape index (κ2) is 4.38. The van der Waals surface area contributed by atoms with E-state index < -0.39 is 0 Å². The molecule has 0 fully saturated rings. The number of rotatable bonds is 2. The highest BCUT2D eigenvalue weighted by molar-refractivity contribution is 7.79. The summed E-state index contributed by atoms with van der Waals surface area (Å²) >= 11 is 4.38. The molecule has 0 radical (unpaired) electrons. The van der Waals surface area contributed by atoms with Crippen LogP contribution in [0, 0.1) is 0 Å². The van der Waals surface area contributed by atoms with Crippen molar-refractivity contribution in [2.75, 3.05) is 0 Å². The lowest BCUT2D eigenvalue weighted by atomic mass is 10.3. The zero-order valence-electron chi connectivity index (χ0n) is 10.6. The van der Waals surface area contributed by atoms with Crippen LogP contribution in [0.5, 0.6) is 0 Å². The molecule has 2 aromatic heterocycles. The Morgan fingerprint density at radius 2 is 1.70 bits per heavy atom. The highest BCUT2D eigenvalue weighted by Crippen LogP contribution is 2.22. The molecular formula is C15H12N4S. The van der Waals surface area contributed by atoms with E-state index in [0.29, 0.717) is 5.75 Å². The zero-order chi connectivity index (χ0) is 13.5. The van der Waals surface area contributed by atoms with Crippen LogP contribution in [-0.2, 0) is 5.75 Å². The van der Waals surface area contributed by atoms with E-state index in [1.165, 1.54) is 0 Å². The van der Waals surface area contributed by atoms with Crippen molar-refractivity contribution in [3.63, 3.8) is 0 Å². The molecule has 0 saturated heterocycles. The van der Waals surface area contributed by atoms with Crippen LogP contribution >= 0.6 is 12.6 Å². The standard InChI is InChI=1S/C15H12N4S/c20-9-14-16-12-7-3-4-8-13(12)19(14)15-17-10-5-1-2-6-11(10)18-15/h1-8,20H,9H2,(H,17,18). The van der Waals surface area contributed by atoms with Crippen molar-refractivity contribution in [1.29, 1.82) is 0 Å². The van der Waals surface area contributed by atoms with Crippen LogP contribution in [0.2, 0.25) is 0 Å². The van der Waals surface area contributed by atoms with E-state index in [1.807, 2.05) is 53.1 Å². The number of nitrogens with one attached hydrogen (secondary N) is 1. The van der Waals surface area contributed by atoms with Crippen molar-refractivity contribution in [3.8, 4) is 5.95 Å². The summed E-state index contributed by atoms with van der Waals surface area (Å²) < 4.78 is 2.03. The number of aromatic amines is 1. The molecule has 0 amide bonds. The molecule has 98 valence electrons. The van der Waals surface area contributed by atoms with Crippen LogP contribution in [-0.4, -0.2) is 19.5 Å². The molecule has 0 atom stereocenters. The van der Waals surface area contributed by atoms with Gasteiger partial charge in [-0.05, 0) is 24.3 Å². The Morgan fingerprint density at radius 1 is 0.950 bits per heavy atom. The van der Waals surface area contributed by atoms with Gasteiger partial charge in [-0.3, -0.25) is 4.57 Å². The van der Waals surface area contributed by atoms with Crippen molar-refractivity contribution in [3.05, 3.63) is 54.4 Å². The normalized spacial score (nSPS) is 11.4. The molecule has 4 aromatic rings. The van der Waals surface area contributed by atoms with E-state index in [4.69, 9.17) is 0 Å². The van der Waals surface area contributed by atoms with Gasteiger partial charge >= 0.3 is 0 Å². The average molecular weight is 280 g/mol. The number of aromatic nitrogens is 4. The van der Waals surface area contributed by atoms with Gasteiger partial charge in [0.15, 0.2) is 0 Å². The highest BCUT2D eigenvalue weighted by atomic mass is 32.1. The third kappa shape index (κ3) is 1.63. The quantitative estimate of drug-likeness (QED) is 0.553. The Hall–Kier alpha value is -2.27. The van der Waals surface area contributed by atoms with E-state index in [1.54, 1.807) is 0 Å². The first-order valence-corrected chi connectivity index (χ1v) is 7.02. The molecule has 0 saturated carbocycles. The number of H-pyrrole nitrogens is 1. The third-order valence-electron chi connectivity index (χ3n) is 3.36. The molecule has 0 bridgehead atoms. The maximum absolute atomic E-state index is 4.65. The summed E-state index contributed by atoms with van der Waals surface area (Å²) in [5.41, 5.74) is 3.96. The van der Waals surface area contributed by atoms with Gasteiger partial charge in [0.05, 0.1) is 22.1 Å². The molecule has 0 aliphatic rings. The van der Waals surface area contributed by atoms with Gasteiger partial charge in [-0.1, -0.05) is 24.3 Å². The number of imidazole rings is 2. The molecule has 5 heteroatoms. The fourth-order valence-electron chi connectivity index (χ4n) is 2.46. The number of thiol groups is 1. The van der Waals surface area contributed by atoms with Crippen LogP contribution in [0.3, 0.4) is 0 Å². The van der Waals surface area contributed by atoms with Crippen LogP contribution < -0.4 is 0 Å². The van der Waals surface area contributed by atoms with Crippen molar-refractivity contribution in [2.45, 2.75) is 5.75 Å². The average Bonchev–Trinajstić information content (AvgIpc) is 3.07. The lowest BCUT2D eigenvalue weighted by Crippen LogP contribution is -2.01. The molecule has 2 aromatic carbocycles. The molecule has 1 N–H and O–H groups in total. The predicted octanol–water partition coefficient (Wildman–Crippen LogP) is 3.33. The molecule has 0 unspecified atom stereocenters. The van der Waals surface area contributed by atoms with Crippen molar-refractivity contribution >= 4 is 34.7 Å². The highest BCUT2D eigenvalue weighted by Gasteiger charge is 2.13. The van der Waals surface area contributed by atoms with E-state index in [-0.39, 0.29) is 0 Å². The second-order valence-electron chi connectivity index (χ2n) is 4.59. The molecule has 2 heterocycles. The largest absolute Gasteiger partial charge is 0.323 e. The Morgan fingerprint density at radius 3 is 2.50 bits per heavy atom. The maximum Gasteiger partial charge on any atom is 0.214 e. The number of hydrogen-bond acceptors (Lipinski definition) is 3. The van der Waals surface area contributed by atoms with Gasteiger partial charge in [-0.15, -0.1) is 0 Å². The van der Waals surface area contributed by atoms with Crippen LogP contribution in [0.25, 0.3) is 28.0 Å². The summed E-state index contributed by atoms with van der Waals surface area (Å²) in [5, 5.41) is 0. The summed E-state index contributed by atoms with van der Waals surface area (Å²) in [6.07, 6.45) is 0. The van der Waals surface area contributed by atoms with Crippen LogP contribution in [0.15, 0.2) is 48.5 Å². The third-order valence-corrected chi connectivity index (χ3v) is 3.64. The number of nitrogens with zero attached hydrogens (tertiary/aromatic N) is 3.